The third kappa shape index (κ3) is 4.33. The minimum absolute atomic E-state index is 0.134. The number of aryl methyl sites for hydroxylation is 1. The Morgan fingerprint density at radius 3 is 2.63 bits per heavy atom. The molecule has 1 amide bonds. The molecule has 1 atom stereocenters. The Hall–Kier alpha value is -0.850. The van der Waals surface area contributed by atoms with Gasteiger partial charge in [0.15, 0.2) is 6.29 Å². The Kier molecular flexibility index (Phi) is 6.54. The largest absolute Gasteiger partial charge is 0.354 e. The Balaban J connectivity index is 2.77. The van der Waals surface area contributed by atoms with Crippen LogP contribution >= 0.6 is 15.9 Å². The Labute approximate surface area is 122 Å². The van der Waals surface area contributed by atoms with E-state index in [1.54, 1.807) is 14.2 Å². The fourth-order valence-corrected chi connectivity index (χ4v) is 2.41. The monoisotopic (exact) mass is 332 g/mol. The molecule has 0 radical (unpaired) electrons. The number of amides is 1. The molecule has 0 fully saturated rings. The first-order valence-electron chi connectivity index (χ1n) is 6.25. The molecule has 1 rings (SSSR count). The second-order valence-corrected chi connectivity index (χ2v) is 5.25. The summed E-state index contributed by atoms with van der Waals surface area (Å²) >= 11 is 3.39. The number of methoxy groups -OCH3 is 2. The lowest BCUT2D eigenvalue weighted by atomic mass is 10.3. The maximum Gasteiger partial charge on any atom is 0.268 e. The van der Waals surface area contributed by atoms with Crippen LogP contribution in [0.2, 0.25) is 0 Å². The summed E-state index contributed by atoms with van der Waals surface area (Å²) in [6.07, 6.45) is 2.42. The molecule has 0 aliphatic rings. The molecule has 0 saturated carbocycles. The Morgan fingerprint density at radius 2 is 2.11 bits per heavy atom. The zero-order valence-electron chi connectivity index (χ0n) is 11.8. The van der Waals surface area contributed by atoms with E-state index in [9.17, 15) is 4.79 Å². The van der Waals surface area contributed by atoms with Crippen molar-refractivity contribution in [3.05, 3.63) is 22.4 Å². The van der Waals surface area contributed by atoms with Crippen LogP contribution in [0.25, 0.3) is 0 Å². The van der Waals surface area contributed by atoms with Gasteiger partial charge in [0, 0.05) is 31.4 Å². The van der Waals surface area contributed by atoms with E-state index in [0.717, 1.165) is 17.4 Å². The summed E-state index contributed by atoms with van der Waals surface area (Å²) in [6, 6.07) is 1.58. The molecule has 6 heteroatoms. The first-order valence-corrected chi connectivity index (χ1v) is 7.04. The van der Waals surface area contributed by atoms with Crippen molar-refractivity contribution in [2.75, 3.05) is 14.2 Å². The van der Waals surface area contributed by atoms with Gasteiger partial charge in [-0.3, -0.25) is 4.79 Å². The van der Waals surface area contributed by atoms with Crippen LogP contribution in [-0.4, -0.2) is 37.0 Å². The summed E-state index contributed by atoms with van der Waals surface area (Å²) in [7, 11) is 3.10. The predicted molar refractivity (Wildman–Crippen MR) is 77.2 cm³/mol. The van der Waals surface area contributed by atoms with Crippen LogP contribution in [0.3, 0.4) is 0 Å². The number of halogens is 1. The highest BCUT2D eigenvalue weighted by Crippen LogP contribution is 2.16. The maximum absolute atomic E-state index is 12.2. The number of aromatic nitrogens is 1. The minimum atomic E-state index is -0.457. The number of carbonyl (C=O) groups is 1. The van der Waals surface area contributed by atoms with Gasteiger partial charge in [-0.25, -0.2) is 0 Å². The number of ether oxygens (including phenoxy) is 2. The molecule has 0 saturated heterocycles. The van der Waals surface area contributed by atoms with E-state index < -0.39 is 6.29 Å². The number of nitrogens with zero attached hydrogens (tertiary/aromatic N) is 1. The van der Waals surface area contributed by atoms with Gasteiger partial charge in [0.1, 0.15) is 5.69 Å². The molecule has 1 unspecified atom stereocenters. The van der Waals surface area contributed by atoms with Crippen LogP contribution in [0, 0.1) is 0 Å². The molecule has 1 N–H and O–H groups in total. The fourth-order valence-electron chi connectivity index (χ4n) is 1.94. The van der Waals surface area contributed by atoms with E-state index >= 15 is 0 Å². The molecule has 0 bridgehead atoms. The van der Waals surface area contributed by atoms with Crippen LogP contribution in [0.5, 0.6) is 0 Å². The summed E-state index contributed by atoms with van der Waals surface area (Å²) < 4.78 is 13.1. The molecular formula is C13H21BrN2O3. The van der Waals surface area contributed by atoms with Crippen LogP contribution in [0.1, 0.15) is 30.8 Å². The third-order valence-electron chi connectivity index (χ3n) is 2.79. The van der Waals surface area contributed by atoms with E-state index in [2.05, 4.69) is 28.2 Å². The first-order chi connectivity index (χ1) is 9.03. The molecule has 19 heavy (non-hydrogen) atoms. The van der Waals surface area contributed by atoms with Crippen molar-refractivity contribution >= 4 is 21.8 Å². The van der Waals surface area contributed by atoms with Crippen molar-refractivity contribution in [3.8, 4) is 0 Å². The van der Waals surface area contributed by atoms with Gasteiger partial charge in [0.05, 0.1) is 6.04 Å². The number of rotatable bonds is 7. The van der Waals surface area contributed by atoms with E-state index in [-0.39, 0.29) is 11.9 Å². The van der Waals surface area contributed by atoms with Crippen LogP contribution in [0.4, 0.5) is 0 Å². The second kappa shape index (κ2) is 7.67. The normalized spacial score (nSPS) is 12.7. The highest BCUT2D eigenvalue weighted by Gasteiger charge is 2.20. The fraction of sp³-hybridized carbons (Fsp3) is 0.615. The summed E-state index contributed by atoms with van der Waals surface area (Å²) in [6.45, 7) is 4.72. The van der Waals surface area contributed by atoms with Gasteiger partial charge in [-0.2, -0.15) is 0 Å². The van der Waals surface area contributed by atoms with Crippen LogP contribution in [0.15, 0.2) is 16.7 Å². The molecule has 108 valence electrons. The molecule has 1 aromatic rings. The first kappa shape index (κ1) is 16.2. The molecular weight excluding hydrogens is 312 g/mol. The predicted octanol–water partition coefficient (Wildman–Crippen LogP) is 2.40. The van der Waals surface area contributed by atoms with E-state index in [1.807, 2.05) is 23.8 Å². The molecule has 5 nitrogen and oxygen atoms in total. The lowest BCUT2D eigenvalue weighted by Gasteiger charge is -2.22. The minimum Gasteiger partial charge on any atom is -0.354 e. The lowest BCUT2D eigenvalue weighted by molar-refractivity contribution is -0.117. The average Bonchev–Trinajstić information content (AvgIpc) is 2.72. The van der Waals surface area contributed by atoms with Crippen molar-refractivity contribution < 1.29 is 14.3 Å². The zero-order valence-corrected chi connectivity index (χ0v) is 13.4. The molecule has 1 heterocycles. The SMILES string of the molecule is CCCn1cc(Br)cc1C(=O)NC(C)C(OC)OC. The second-order valence-electron chi connectivity index (χ2n) is 4.34. The van der Waals surface area contributed by atoms with Gasteiger partial charge in [0.2, 0.25) is 0 Å². The van der Waals surface area contributed by atoms with Crippen molar-refractivity contribution in [3.63, 3.8) is 0 Å². The van der Waals surface area contributed by atoms with Crippen LogP contribution in [-0.2, 0) is 16.0 Å². The van der Waals surface area contributed by atoms with Crippen molar-refractivity contribution in [2.45, 2.75) is 39.1 Å². The summed E-state index contributed by atoms with van der Waals surface area (Å²) in [5.74, 6) is -0.134. The Morgan fingerprint density at radius 1 is 1.47 bits per heavy atom. The summed E-state index contributed by atoms with van der Waals surface area (Å²) in [5.41, 5.74) is 0.631. The third-order valence-corrected chi connectivity index (χ3v) is 3.23. The average molecular weight is 333 g/mol. The highest BCUT2D eigenvalue weighted by molar-refractivity contribution is 9.10. The number of hydrogen-bond donors (Lipinski definition) is 1. The molecule has 0 spiro atoms. The zero-order chi connectivity index (χ0) is 14.4. The quantitative estimate of drug-likeness (QED) is 0.780. The summed E-state index contributed by atoms with van der Waals surface area (Å²) in [5, 5.41) is 2.88. The standard InChI is InChI=1S/C13H21BrN2O3/c1-5-6-16-8-10(14)7-11(16)12(17)15-9(2)13(18-3)19-4/h7-9,13H,5-6H2,1-4H3,(H,15,17). The Bertz CT molecular complexity index is 416. The highest BCUT2D eigenvalue weighted by atomic mass is 79.9. The van der Waals surface area contributed by atoms with Gasteiger partial charge in [0.25, 0.3) is 5.91 Å². The van der Waals surface area contributed by atoms with Gasteiger partial charge in [-0.15, -0.1) is 0 Å². The van der Waals surface area contributed by atoms with Crippen molar-refractivity contribution in [1.82, 2.24) is 9.88 Å². The molecule has 1 aromatic heterocycles. The maximum atomic E-state index is 12.2. The van der Waals surface area contributed by atoms with Gasteiger partial charge in [-0.05, 0) is 35.3 Å². The van der Waals surface area contributed by atoms with Crippen molar-refractivity contribution in [2.24, 2.45) is 0 Å². The number of hydrogen-bond acceptors (Lipinski definition) is 3. The molecule has 0 aliphatic carbocycles. The van der Waals surface area contributed by atoms with Gasteiger partial charge < -0.3 is 19.4 Å². The number of carbonyl (C=O) groups excluding carboxylic acids is 1. The van der Waals surface area contributed by atoms with Gasteiger partial charge >= 0.3 is 0 Å². The topological polar surface area (TPSA) is 52.5 Å². The van der Waals surface area contributed by atoms with Crippen LogP contribution < -0.4 is 5.32 Å². The van der Waals surface area contributed by atoms with E-state index in [4.69, 9.17) is 9.47 Å². The van der Waals surface area contributed by atoms with E-state index in [0.29, 0.717) is 5.69 Å². The lowest BCUT2D eigenvalue weighted by Crippen LogP contribution is -2.43. The van der Waals surface area contributed by atoms with Crippen molar-refractivity contribution in [1.29, 1.82) is 0 Å². The van der Waals surface area contributed by atoms with E-state index in [1.165, 1.54) is 0 Å². The molecule has 0 aromatic carbocycles. The number of nitrogens with one attached hydrogen (secondary N) is 1. The summed E-state index contributed by atoms with van der Waals surface area (Å²) in [4.78, 5) is 12.2. The smallest absolute Gasteiger partial charge is 0.268 e. The molecule has 0 aliphatic heterocycles. The van der Waals surface area contributed by atoms with Gasteiger partial charge in [-0.1, -0.05) is 6.92 Å².